The summed E-state index contributed by atoms with van der Waals surface area (Å²) in [5, 5.41) is 0.773. The minimum atomic E-state index is -0.253. The van der Waals surface area contributed by atoms with Crippen molar-refractivity contribution in [1.29, 1.82) is 0 Å². The molecule has 1 amide bonds. The first-order chi connectivity index (χ1) is 10.1. The second kappa shape index (κ2) is 7.19. The number of benzene rings is 1. The first-order valence-electron chi connectivity index (χ1n) is 6.62. The van der Waals surface area contributed by atoms with E-state index in [1.54, 1.807) is 18.0 Å². The van der Waals surface area contributed by atoms with Crippen molar-refractivity contribution in [1.82, 2.24) is 15.4 Å². The fourth-order valence-corrected chi connectivity index (χ4v) is 2.65. The molecule has 1 unspecified atom stereocenters. The summed E-state index contributed by atoms with van der Waals surface area (Å²) in [6.07, 6.45) is 1.76. The molecule has 0 saturated carbocycles. The molecule has 21 heavy (non-hydrogen) atoms. The summed E-state index contributed by atoms with van der Waals surface area (Å²) in [5.74, 6) is 5.50. The molecule has 0 aliphatic rings. The van der Waals surface area contributed by atoms with Crippen LogP contribution in [0.25, 0.3) is 0 Å². The van der Waals surface area contributed by atoms with Gasteiger partial charge in [0.15, 0.2) is 5.16 Å². The molecular formula is C15H18N4OS. The number of hydrazine groups is 1. The summed E-state index contributed by atoms with van der Waals surface area (Å²) >= 11 is 1.59. The third-order valence-electron chi connectivity index (χ3n) is 3.16. The lowest BCUT2D eigenvalue weighted by Crippen LogP contribution is -2.33. The Morgan fingerprint density at radius 3 is 2.67 bits per heavy atom. The standard InChI is InChI=1S/C15H18N4OS/c1-10-7-8-17-15(18-10)21-9-12-3-5-13(6-4-12)11(2)14(20)19-16/h3-8,11H,9,16H2,1-2H3,(H,19,20). The molecule has 0 bridgehead atoms. The Hall–Kier alpha value is -1.92. The molecule has 0 fully saturated rings. The van der Waals surface area contributed by atoms with Crippen LogP contribution in [0.4, 0.5) is 0 Å². The topological polar surface area (TPSA) is 80.9 Å². The van der Waals surface area contributed by atoms with Gasteiger partial charge < -0.3 is 0 Å². The maximum atomic E-state index is 11.5. The zero-order chi connectivity index (χ0) is 15.2. The minimum Gasteiger partial charge on any atom is -0.294 e. The largest absolute Gasteiger partial charge is 0.294 e. The van der Waals surface area contributed by atoms with Crippen molar-refractivity contribution in [2.45, 2.75) is 30.7 Å². The van der Waals surface area contributed by atoms with Crippen LogP contribution in [0.5, 0.6) is 0 Å². The average molecular weight is 302 g/mol. The van der Waals surface area contributed by atoms with Gasteiger partial charge in [0, 0.05) is 17.6 Å². The van der Waals surface area contributed by atoms with Crippen molar-refractivity contribution in [3.63, 3.8) is 0 Å². The molecule has 1 heterocycles. The number of amides is 1. The number of hydrogen-bond donors (Lipinski definition) is 2. The molecular weight excluding hydrogens is 284 g/mol. The molecule has 0 spiro atoms. The highest BCUT2D eigenvalue weighted by atomic mass is 32.2. The maximum absolute atomic E-state index is 11.5. The minimum absolute atomic E-state index is 0.190. The molecule has 2 rings (SSSR count). The summed E-state index contributed by atoms with van der Waals surface area (Å²) < 4.78 is 0. The van der Waals surface area contributed by atoms with E-state index in [9.17, 15) is 4.79 Å². The van der Waals surface area contributed by atoms with Crippen LogP contribution in [-0.4, -0.2) is 15.9 Å². The second-order valence-electron chi connectivity index (χ2n) is 4.74. The number of nitrogens with two attached hydrogens (primary N) is 1. The van der Waals surface area contributed by atoms with Crippen LogP contribution in [0.1, 0.15) is 29.7 Å². The summed E-state index contributed by atoms with van der Waals surface area (Å²) in [7, 11) is 0. The fraction of sp³-hybridized carbons (Fsp3) is 0.267. The van der Waals surface area contributed by atoms with Crippen LogP contribution >= 0.6 is 11.8 Å². The zero-order valence-corrected chi connectivity index (χ0v) is 12.9. The molecule has 6 heteroatoms. The van der Waals surface area contributed by atoms with Crippen LogP contribution in [-0.2, 0) is 10.5 Å². The molecule has 0 aliphatic carbocycles. The number of carbonyl (C=O) groups is 1. The van der Waals surface area contributed by atoms with E-state index in [1.165, 1.54) is 0 Å². The summed E-state index contributed by atoms with van der Waals surface area (Å²) in [5.41, 5.74) is 5.24. The van der Waals surface area contributed by atoms with Gasteiger partial charge in [-0.15, -0.1) is 0 Å². The molecule has 110 valence electrons. The van der Waals surface area contributed by atoms with E-state index in [4.69, 9.17) is 5.84 Å². The van der Waals surface area contributed by atoms with Gasteiger partial charge in [0.05, 0.1) is 5.92 Å². The number of aromatic nitrogens is 2. The van der Waals surface area contributed by atoms with Crippen molar-refractivity contribution in [2.75, 3.05) is 0 Å². The third kappa shape index (κ3) is 4.27. The van der Waals surface area contributed by atoms with E-state index in [2.05, 4.69) is 15.4 Å². The Kier molecular flexibility index (Phi) is 5.30. The molecule has 1 aromatic carbocycles. The number of thioether (sulfide) groups is 1. The van der Waals surface area contributed by atoms with Gasteiger partial charge >= 0.3 is 0 Å². The SMILES string of the molecule is Cc1ccnc(SCc2ccc(C(C)C(=O)NN)cc2)n1. The molecule has 0 aliphatic heterocycles. The van der Waals surface area contributed by atoms with Crippen LogP contribution in [0.15, 0.2) is 41.7 Å². The fourth-order valence-electron chi connectivity index (χ4n) is 1.82. The predicted molar refractivity (Wildman–Crippen MR) is 83.5 cm³/mol. The summed E-state index contributed by atoms with van der Waals surface area (Å²) in [6.45, 7) is 3.77. The van der Waals surface area contributed by atoms with Gasteiger partial charge in [0.1, 0.15) is 0 Å². The van der Waals surface area contributed by atoms with Crippen molar-refractivity contribution in [3.8, 4) is 0 Å². The number of rotatable bonds is 5. The smallest absolute Gasteiger partial charge is 0.241 e. The van der Waals surface area contributed by atoms with Crippen LogP contribution < -0.4 is 11.3 Å². The zero-order valence-electron chi connectivity index (χ0n) is 12.0. The highest BCUT2D eigenvalue weighted by molar-refractivity contribution is 7.98. The Balaban J connectivity index is 1.98. The monoisotopic (exact) mass is 302 g/mol. The molecule has 0 radical (unpaired) electrons. The van der Waals surface area contributed by atoms with E-state index in [0.717, 1.165) is 27.7 Å². The lowest BCUT2D eigenvalue weighted by atomic mass is 10.00. The average Bonchev–Trinajstić information content (AvgIpc) is 2.52. The molecule has 0 saturated heterocycles. The predicted octanol–water partition coefficient (Wildman–Crippen LogP) is 2.17. The maximum Gasteiger partial charge on any atom is 0.241 e. The van der Waals surface area contributed by atoms with E-state index >= 15 is 0 Å². The Morgan fingerprint density at radius 2 is 2.05 bits per heavy atom. The van der Waals surface area contributed by atoms with E-state index in [0.29, 0.717) is 0 Å². The van der Waals surface area contributed by atoms with Gasteiger partial charge in [0.2, 0.25) is 5.91 Å². The van der Waals surface area contributed by atoms with Gasteiger partial charge in [-0.3, -0.25) is 10.2 Å². The third-order valence-corrected chi connectivity index (χ3v) is 4.09. The highest BCUT2D eigenvalue weighted by Gasteiger charge is 2.13. The normalized spacial score (nSPS) is 12.0. The van der Waals surface area contributed by atoms with E-state index < -0.39 is 0 Å². The van der Waals surface area contributed by atoms with Crippen molar-refractivity contribution < 1.29 is 4.79 Å². The molecule has 3 N–H and O–H groups in total. The Morgan fingerprint density at radius 1 is 1.33 bits per heavy atom. The lowest BCUT2D eigenvalue weighted by Gasteiger charge is -2.10. The molecule has 1 atom stereocenters. The van der Waals surface area contributed by atoms with Crippen LogP contribution in [0, 0.1) is 6.92 Å². The summed E-state index contributed by atoms with van der Waals surface area (Å²) in [4.78, 5) is 20.1. The summed E-state index contributed by atoms with van der Waals surface area (Å²) in [6, 6.07) is 9.80. The van der Waals surface area contributed by atoms with Crippen molar-refractivity contribution in [3.05, 3.63) is 53.3 Å². The quantitative estimate of drug-likeness (QED) is 0.291. The second-order valence-corrected chi connectivity index (χ2v) is 5.68. The molecule has 2 aromatic rings. The lowest BCUT2D eigenvalue weighted by molar-refractivity contribution is -0.122. The van der Waals surface area contributed by atoms with Gasteiger partial charge in [0.25, 0.3) is 0 Å². The number of hydrogen-bond acceptors (Lipinski definition) is 5. The molecule has 5 nitrogen and oxygen atoms in total. The number of nitrogens with one attached hydrogen (secondary N) is 1. The molecule has 1 aromatic heterocycles. The first-order valence-corrected chi connectivity index (χ1v) is 7.60. The van der Waals surface area contributed by atoms with Gasteiger partial charge in [-0.1, -0.05) is 36.0 Å². The van der Waals surface area contributed by atoms with Gasteiger partial charge in [-0.05, 0) is 31.0 Å². The highest BCUT2D eigenvalue weighted by Crippen LogP contribution is 2.21. The van der Waals surface area contributed by atoms with Crippen molar-refractivity contribution >= 4 is 17.7 Å². The Labute approximate surface area is 128 Å². The van der Waals surface area contributed by atoms with Crippen LogP contribution in [0.3, 0.4) is 0 Å². The van der Waals surface area contributed by atoms with Gasteiger partial charge in [-0.25, -0.2) is 15.8 Å². The first kappa shape index (κ1) is 15.5. The number of nitrogens with zero attached hydrogens (tertiary/aromatic N) is 2. The number of carbonyl (C=O) groups excluding carboxylic acids is 1. The Bertz CT molecular complexity index is 615. The van der Waals surface area contributed by atoms with Gasteiger partial charge in [-0.2, -0.15) is 0 Å². The van der Waals surface area contributed by atoms with Crippen molar-refractivity contribution in [2.24, 2.45) is 5.84 Å². The van der Waals surface area contributed by atoms with E-state index in [1.807, 2.05) is 44.2 Å². The van der Waals surface area contributed by atoms with Crippen LogP contribution in [0.2, 0.25) is 0 Å². The number of aryl methyl sites for hydroxylation is 1. The van der Waals surface area contributed by atoms with E-state index in [-0.39, 0.29) is 11.8 Å².